The Labute approximate surface area is 111 Å². The van der Waals surface area contributed by atoms with Crippen LogP contribution in [0.25, 0.3) is 0 Å². The van der Waals surface area contributed by atoms with Crippen LogP contribution in [0, 0.1) is 0 Å². The Morgan fingerprint density at radius 1 is 1.11 bits per heavy atom. The fraction of sp³-hybridized carbons (Fsp3) is 0.625. The van der Waals surface area contributed by atoms with E-state index in [-0.39, 0.29) is 0 Å². The van der Waals surface area contributed by atoms with Gasteiger partial charge in [0.25, 0.3) is 0 Å². The first-order chi connectivity index (χ1) is 8.84. The fourth-order valence-electron chi connectivity index (χ4n) is 2.83. The minimum Gasteiger partial charge on any atom is -0.399 e. The number of benzene rings is 1. The third kappa shape index (κ3) is 4.69. The fourth-order valence-corrected chi connectivity index (χ4v) is 2.83. The molecule has 0 aromatic heterocycles. The van der Waals surface area contributed by atoms with Crippen LogP contribution in [0.5, 0.6) is 0 Å². The number of rotatable bonds is 5. The van der Waals surface area contributed by atoms with Crippen LogP contribution in [-0.2, 0) is 6.42 Å². The molecule has 18 heavy (non-hydrogen) atoms. The molecule has 2 nitrogen and oxygen atoms in total. The number of nitrogen functional groups attached to an aromatic ring is 1. The van der Waals surface area contributed by atoms with Gasteiger partial charge in [0.15, 0.2) is 0 Å². The van der Waals surface area contributed by atoms with E-state index in [4.69, 9.17) is 5.73 Å². The van der Waals surface area contributed by atoms with Gasteiger partial charge in [-0.1, -0.05) is 37.8 Å². The topological polar surface area (TPSA) is 38.0 Å². The van der Waals surface area contributed by atoms with Gasteiger partial charge in [0.1, 0.15) is 0 Å². The van der Waals surface area contributed by atoms with Crippen molar-refractivity contribution < 1.29 is 0 Å². The van der Waals surface area contributed by atoms with Crippen molar-refractivity contribution in [2.45, 2.75) is 57.4 Å². The van der Waals surface area contributed by atoms with Crippen LogP contribution < -0.4 is 11.1 Å². The van der Waals surface area contributed by atoms with Crippen molar-refractivity contribution in [2.24, 2.45) is 0 Å². The van der Waals surface area contributed by atoms with Crippen molar-refractivity contribution in [3.8, 4) is 0 Å². The van der Waals surface area contributed by atoms with Crippen LogP contribution in [0.4, 0.5) is 5.69 Å². The van der Waals surface area contributed by atoms with E-state index in [2.05, 4.69) is 17.4 Å². The lowest BCUT2D eigenvalue weighted by Crippen LogP contribution is -2.29. The molecule has 0 saturated heterocycles. The summed E-state index contributed by atoms with van der Waals surface area (Å²) in [5.74, 6) is 0. The number of hydrogen-bond donors (Lipinski definition) is 2. The number of aryl methyl sites for hydroxylation is 1. The van der Waals surface area contributed by atoms with Crippen LogP contribution in [0.3, 0.4) is 0 Å². The molecular weight excluding hydrogens is 220 g/mol. The molecule has 0 radical (unpaired) electrons. The maximum absolute atomic E-state index is 5.78. The van der Waals surface area contributed by atoms with Gasteiger partial charge in [-0.05, 0) is 49.9 Å². The van der Waals surface area contributed by atoms with E-state index in [1.807, 2.05) is 12.1 Å². The van der Waals surface area contributed by atoms with Crippen LogP contribution in [0.2, 0.25) is 0 Å². The van der Waals surface area contributed by atoms with Crippen LogP contribution in [0.1, 0.15) is 50.5 Å². The largest absolute Gasteiger partial charge is 0.399 e. The Bertz CT molecular complexity index is 341. The number of hydrogen-bond acceptors (Lipinski definition) is 2. The normalized spacial score (nSPS) is 17.6. The molecule has 1 saturated carbocycles. The SMILES string of the molecule is Nc1cccc(CCCNC2CCCCCC2)c1. The van der Waals surface area contributed by atoms with Crippen LogP contribution in [0.15, 0.2) is 24.3 Å². The summed E-state index contributed by atoms with van der Waals surface area (Å²) in [6.45, 7) is 1.14. The molecule has 3 N–H and O–H groups in total. The van der Waals surface area contributed by atoms with Crippen molar-refractivity contribution in [1.82, 2.24) is 5.32 Å². The summed E-state index contributed by atoms with van der Waals surface area (Å²) >= 11 is 0. The summed E-state index contributed by atoms with van der Waals surface area (Å²) in [6, 6.07) is 9.03. The lowest BCUT2D eigenvalue weighted by Gasteiger charge is -2.16. The monoisotopic (exact) mass is 246 g/mol. The van der Waals surface area contributed by atoms with E-state index in [1.165, 1.54) is 50.5 Å². The van der Waals surface area contributed by atoms with Crippen LogP contribution >= 0.6 is 0 Å². The molecular formula is C16H26N2. The molecule has 0 aliphatic heterocycles. The molecule has 0 amide bonds. The highest BCUT2D eigenvalue weighted by Crippen LogP contribution is 2.17. The number of nitrogens with one attached hydrogen (secondary N) is 1. The zero-order valence-electron chi connectivity index (χ0n) is 11.3. The molecule has 2 heteroatoms. The minimum absolute atomic E-state index is 0.772. The molecule has 1 aliphatic carbocycles. The molecule has 1 aromatic carbocycles. The summed E-state index contributed by atoms with van der Waals surface area (Å²) in [5.41, 5.74) is 8.02. The lowest BCUT2D eigenvalue weighted by atomic mass is 10.1. The van der Waals surface area contributed by atoms with Gasteiger partial charge in [-0.3, -0.25) is 0 Å². The van der Waals surface area contributed by atoms with Gasteiger partial charge in [-0.2, -0.15) is 0 Å². The van der Waals surface area contributed by atoms with Crippen molar-refractivity contribution in [3.05, 3.63) is 29.8 Å². The molecule has 0 spiro atoms. The second-order valence-electron chi connectivity index (χ2n) is 5.49. The maximum atomic E-state index is 5.78. The third-order valence-corrected chi connectivity index (χ3v) is 3.88. The Balaban J connectivity index is 1.63. The second kappa shape index (κ2) is 7.42. The predicted octanol–water partition coefficient (Wildman–Crippen LogP) is 3.51. The van der Waals surface area contributed by atoms with E-state index >= 15 is 0 Å². The van der Waals surface area contributed by atoms with E-state index in [1.54, 1.807) is 0 Å². The van der Waals surface area contributed by atoms with E-state index in [9.17, 15) is 0 Å². The van der Waals surface area contributed by atoms with Gasteiger partial charge < -0.3 is 11.1 Å². The minimum atomic E-state index is 0.772. The molecule has 1 aromatic rings. The molecule has 1 aliphatic rings. The van der Waals surface area contributed by atoms with Crippen molar-refractivity contribution >= 4 is 5.69 Å². The Morgan fingerprint density at radius 2 is 1.89 bits per heavy atom. The molecule has 0 atom stereocenters. The standard InChI is InChI=1S/C16H26N2/c17-15-9-5-7-14(13-15)8-6-12-18-16-10-3-1-2-4-11-16/h5,7,9,13,16,18H,1-4,6,8,10-12,17H2. The Kier molecular flexibility index (Phi) is 5.53. The highest BCUT2D eigenvalue weighted by molar-refractivity contribution is 5.40. The molecule has 100 valence electrons. The first-order valence-electron chi connectivity index (χ1n) is 7.42. The lowest BCUT2D eigenvalue weighted by molar-refractivity contribution is 0.456. The summed E-state index contributed by atoms with van der Waals surface area (Å²) < 4.78 is 0. The van der Waals surface area contributed by atoms with Crippen molar-refractivity contribution in [2.75, 3.05) is 12.3 Å². The number of anilines is 1. The first-order valence-corrected chi connectivity index (χ1v) is 7.42. The average molecular weight is 246 g/mol. The first kappa shape index (κ1) is 13.4. The second-order valence-corrected chi connectivity index (χ2v) is 5.49. The highest BCUT2D eigenvalue weighted by Gasteiger charge is 2.10. The summed E-state index contributed by atoms with van der Waals surface area (Å²) in [4.78, 5) is 0. The van der Waals surface area contributed by atoms with Gasteiger partial charge in [0, 0.05) is 11.7 Å². The molecule has 0 unspecified atom stereocenters. The van der Waals surface area contributed by atoms with E-state index in [0.29, 0.717) is 0 Å². The zero-order chi connectivity index (χ0) is 12.6. The van der Waals surface area contributed by atoms with E-state index < -0.39 is 0 Å². The van der Waals surface area contributed by atoms with Crippen LogP contribution in [-0.4, -0.2) is 12.6 Å². The summed E-state index contributed by atoms with van der Waals surface area (Å²) in [7, 11) is 0. The quantitative estimate of drug-likeness (QED) is 0.474. The maximum Gasteiger partial charge on any atom is 0.0316 e. The smallest absolute Gasteiger partial charge is 0.0316 e. The van der Waals surface area contributed by atoms with Gasteiger partial charge in [-0.25, -0.2) is 0 Å². The van der Waals surface area contributed by atoms with Gasteiger partial charge in [0.05, 0.1) is 0 Å². The van der Waals surface area contributed by atoms with Gasteiger partial charge in [0.2, 0.25) is 0 Å². The van der Waals surface area contributed by atoms with E-state index in [0.717, 1.165) is 24.7 Å². The molecule has 0 heterocycles. The average Bonchev–Trinajstić information content (AvgIpc) is 2.63. The van der Waals surface area contributed by atoms with Crippen molar-refractivity contribution in [3.63, 3.8) is 0 Å². The summed E-state index contributed by atoms with van der Waals surface area (Å²) in [6.07, 6.45) is 10.8. The molecule has 2 rings (SSSR count). The highest BCUT2D eigenvalue weighted by atomic mass is 14.9. The number of nitrogens with two attached hydrogens (primary N) is 1. The van der Waals surface area contributed by atoms with Gasteiger partial charge in [-0.15, -0.1) is 0 Å². The van der Waals surface area contributed by atoms with Crippen molar-refractivity contribution in [1.29, 1.82) is 0 Å². The Hall–Kier alpha value is -1.02. The third-order valence-electron chi connectivity index (χ3n) is 3.88. The Morgan fingerprint density at radius 3 is 2.61 bits per heavy atom. The molecule has 1 fully saturated rings. The molecule has 0 bridgehead atoms. The van der Waals surface area contributed by atoms with Gasteiger partial charge >= 0.3 is 0 Å². The summed E-state index contributed by atoms with van der Waals surface area (Å²) in [5, 5.41) is 3.72. The zero-order valence-corrected chi connectivity index (χ0v) is 11.3. The predicted molar refractivity (Wildman–Crippen MR) is 78.7 cm³/mol.